The minimum absolute atomic E-state index is 0.0229. The van der Waals surface area contributed by atoms with Gasteiger partial charge in [-0.05, 0) is 32.3 Å². The van der Waals surface area contributed by atoms with E-state index in [1.54, 1.807) is 19.0 Å². The van der Waals surface area contributed by atoms with Crippen LogP contribution in [0.25, 0.3) is 0 Å². The summed E-state index contributed by atoms with van der Waals surface area (Å²) in [5.74, 6) is 1.03. The third-order valence-corrected chi connectivity index (χ3v) is 4.46. The summed E-state index contributed by atoms with van der Waals surface area (Å²) in [5.41, 5.74) is 1.85. The number of hydrogen-bond acceptors (Lipinski definition) is 5. The van der Waals surface area contributed by atoms with Crippen LogP contribution < -0.4 is 0 Å². The molecule has 25 heavy (non-hydrogen) atoms. The fourth-order valence-corrected chi connectivity index (χ4v) is 3.11. The molecule has 2 rings (SSSR count). The highest BCUT2D eigenvalue weighted by Crippen LogP contribution is 2.26. The zero-order valence-electron chi connectivity index (χ0n) is 15.6. The summed E-state index contributed by atoms with van der Waals surface area (Å²) >= 11 is 0. The van der Waals surface area contributed by atoms with Gasteiger partial charge in [0.2, 0.25) is 11.8 Å². The first-order valence-electron chi connectivity index (χ1n) is 8.72. The lowest BCUT2D eigenvalue weighted by atomic mass is 9.93. The summed E-state index contributed by atoms with van der Waals surface area (Å²) in [4.78, 5) is 36.4. The SMILES string of the molecule is COCC(=O)N1CCCC(c2cc(CCC(=O)N(C)C)nc(C)n2)C1. The monoisotopic (exact) mass is 348 g/mol. The van der Waals surface area contributed by atoms with Gasteiger partial charge in [0.05, 0.1) is 0 Å². The minimum Gasteiger partial charge on any atom is -0.375 e. The van der Waals surface area contributed by atoms with Crippen LogP contribution in [0, 0.1) is 6.92 Å². The highest BCUT2D eigenvalue weighted by molar-refractivity contribution is 5.77. The van der Waals surface area contributed by atoms with Crippen molar-refractivity contribution in [3.63, 3.8) is 0 Å². The smallest absolute Gasteiger partial charge is 0.248 e. The number of aromatic nitrogens is 2. The Morgan fingerprint density at radius 2 is 2.12 bits per heavy atom. The van der Waals surface area contributed by atoms with Gasteiger partial charge in [-0.3, -0.25) is 9.59 Å². The fraction of sp³-hybridized carbons (Fsp3) is 0.667. The molecule has 138 valence electrons. The van der Waals surface area contributed by atoms with Crippen LogP contribution in [-0.2, 0) is 20.7 Å². The highest BCUT2D eigenvalue weighted by Gasteiger charge is 2.26. The minimum atomic E-state index is 0.0229. The number of carbonyl (C=O) groups excluding carboxylic acids is 2. The van der Waals surface area contributed by atoms with Gasteiger partial charge < -0.3 is 14.5 Å². The Bertz CT molecular complexity index is 618. The van der Waals surface area contributed by atoms with Crippen molar-refractivity contribution in [2.24, 2.45) is 0 Å². The number of nitrogens with zero attached hydrogens (tertiary/aromatic N) is 4. The first-order valence-corrected chi connectivity index (χ1v) is 8.72. The number of amides is 2. The number of piperidine rings is 1. The second-order valence-corrected chi connectivity index (χ2v) is 6.73. The van der Waals surface area contributed by atoms with E-state index >= 15 is 0 Å². The fourth-order valence-electron chi connectivity index (χ4n) is 3.11. The molecule has 0 saturated carbocycles. The molecular formula is C18H28N4O3. The zero-order valence-corrected chi connectivity index (χ0v) is 15.6. The van der Waals surface area contributed by atoms with Gasteiger partial charge in [0, 0.05) is 58.0 Å². The largest absolute Gasteiger partial charge is 0.375 e. The van der Waals surface area contributed by atoms with Crippen molar-refractivity contribution in [2.75, 3.05) is 40.9 Å². The topological polar surface area (TPSA) is 75.6 Å². The molecule has 1 aliphatic heterocycles. The third-order valence-electron chi connectivity index (χ3n) is 4.46. The number of ether oxygens (including phenoxy) is 1. The molecule has 0 aliphatic carbocycles. The number of rotatable bonds is 6. The second-order valence-electron chi connectivity index (χ2n) is 6.73. The van der Waals surface area contributed by atoms with Crippen molar-refractivity contribution in [2.45, 2.75) is 38.5 Å². The van der Waals surface area contributed by atoms with Crippen molar-refractivity contribution >= 4 is 11.8 Å². The first-order chi connectivity index (χ1) is 11.9. The van der Waals surface area contributed by atoms with E-state index in [0.29, 0.717) is 25.2 Å². The van der Waals surface area contributed by atoms with E-state index in [2.05, 4.69) is 9.97 Å². The lowest BCUT2D eigenvalue weighted by molar-refractivity contribution is -0.136. The van der Waals surface area contributed by atoms with Gasteiger partial charge in [0.1, 0.15) is 12.4 Å². The highest BCUT2D eigenvalue weighted by atomic mass is 16.5. The number of likely N-dealkylation sites (tertiary alicyclic amines) is 1. The van der Waals surface area contributed by atoms with E-state index in [-0.39, 0.29) is 24.3 Å². The molecule has 1 atom stereocenters. The van der Waals surface area contributed by atoms with Crippen LogP contribution >= 0.6 is 0 Å². The summed E-state index contributed by atoms with van der Waals surface area (Å²) in [7, 11) is 5.05. The lowest BCUT2D eigenvalue weighted by Crippen LogP contribution is -2.41. The first kappa shape index (κ1) is 19.3. The number of hydrogen-bond donors (Lipinski definition) is 0. The van der Waals surface area contributed by atoms with Crippen molar-refractivity contribution < 1.29 is 14.3 Å². The summed E-state index contributed by atoms with van der Waals surface area (Å²) in [6.07, 6.45) is 3.00. The van der Waals surface area contributed by atoms with Crippen molar-refractivity contribution in [1.29, 1.82) is 0 Å². The molecular weight excluding hydrogens is 320 g/mol. The molecule has 0 N–H and O–H groups in total. The molecule has 7 heteroatoms. The normalized spacial score (nSPS) is 17.4. The quantitative estimate of drug-likeness (QED) is 0.771. The maximum atomic E-state index is 12.1. The molecule has 2 amide bonds. The van der Waals surface area contributed by atoms with Crippen LogP contribution in [0.4, 0.5) is 0 Å². The van der Waals surface area contributed by atoms with Crippen LogP contribution in [0.15, 0.2) is 6.07 Å². The Labute approximate surface area is 149 Å². The van der Waals surface area contributed by atoms with Gasteiger partial charge in [0.25, 0.3) is 0 Å². The summed E-state index contributed by atoms with van der Waals surface area (Å²) < 4.78 is 4.96. The third kappa shape index (κ3) is 5.49. The summed E-state index contributed by atoms with van der Waals surface area (Å²) in [6, 6.07) is 1.99. The Hall–Kier alpha value is -2.02. The molecule has 1 aliphatic rings. The molecule has 2 heterocycles. The molecule has 1 unspecified atom stereocenters. The van der Waals surface area contributed by atoms with E-state index in [9.17, 15) is 9.59 Å². The summed E-state index contributed by atoms with van der Waals surface area (Å²) in [5, 5.41) is 0. The van der Waals surface area contributed by atoms with Gasteiger partial charge in [-0.25, -0.2) is 9.97 Å². The maximum absolute atomic E-state index is 12.1. The molecule has 1 fully saturated rings. The molecule has 1 saturated heterocycles. The van der Waals surface area contributed by atoms with Crippen LogP contribution in [0.3, 0.4) is 0 Å². The Morgan fingerprint density at radius 3 is 2.80 bits per heavy atom. The molecule has 7 nitrogen and oxygen atoms in total. The Morgan fingerprint density at radius 1 is 1.36 bits per heavy atom. The number of methoxy groups -OCH3 is 1. The van der Waals surface area contributed by atoms with Gasteiger partial charge in [-0.2, -0.15) is 0 Å². The van der Waals surface area contributed by atoms with Gasteiger partial charge in [0.15, 0.2) is 0 Å². The maximum Gasteiger partial charge on any atom is 0.248 e. The molecule has 1 aromatic rings. The van der Waals surface area contributed by atoms with Crippen LogP contribution in [-0.4, -0.2) is 72.5 Å². The van der Waals surface area contributed by atoms with E-state index < -0.39 is 0 Å². The molecule has 0 bridgehead atoms. The van der Waals surface area contributed by atoms with Gasteiger partial charge in [-0.1, -0.05) is 0 Å². The van der Waals surface area contributed by atoms with Crippen LogP contribution in [0.1, 0.15) is 42.4 Å². The van der Waals surface area contributed by atoms with Crippen molar-refractivity contribution in [1.82, 2.24) is 19.8 Å². The van der Waals surface area contributed by atoms with E-state index in [1.165, 1.54) is 7.11 Å². The Kier molecular flexibility index (Phi) is 6.87. The molecule has 1 aromatic heterocycles. The second kappa shape index (κ2) is 8.89. The zero-order chi connectivity index (χ0) is 18.4. The van der Waals surface area contributed by atoms with E-state index in [0.717, 1.165) is 30.8 Å². The number of carbonyl (C=O) groups is 2. The number of aryl methyl sites for hydroxylation is 2. The van der Waals surface area contributed by atoms with Crippen molar-refractivity contribution in [3.8, 4) is 0 Å². The average molecular weight is 348 g/mol. The predicted molar refractivity (Wildman–Crippen MR) is 94.2 cm³/mol. The summed E-state index contributed by atoms with van der Waals surface area (Å²) in [6.45, 7) is 3.42. The van der Waals surface area contributed by atoms with Crippen LogP contribution in [0.2, 0.25) is 0 Å². The Balaban J connectivity index is 2.07. The standard InChI is InChI=1S/C18H28N4O3/c1-13-19-15(7-8-17(23)21(2)3)10-16(20-13)14-6-5-9-22(11-14)18(24)12-25-4/h10,14H,5-9,11-12H2,1-4H3. The van der Waals surface area contributed by atoms with Crippen LogP contribution in [0.5, 0.6) is 0 Å². The predicted octanol–water partition coefficient (Wildman–Crippen LogP) is 1.16. The van der Waals surface area contributed by atoms with E-state index in [4.69, 9.17) is 4.74 Å². The van der Waals surface area contributed by atoms with Crippen molar-refractivity contribution in [3.05, 3.63) is 23.3 Å². The molecule has 0 aromatic carbocycles. The van der Waals surface area contributed by atoms with E-state index in [1.807, 2.05) is 17.9 Å². The molecule has 0 spiro atoms. The van der Waals surface area contributed by atoms with Gasteiger partial charge in [-0.15, -0.1) is 0 Å². The van der Waals surface area contributed by atoms with Gasteiger partial charge >= 0.3 is 0 Å². The average Bonchev–Trinajstić information content (AvgIpc) is 2.59. The lowest BCUT2D eigenvalue weighted by Gasteiger charge is -2.32. The molecule has 0 radical (unpaired) electrons.